The Kier molecular flexibility index (Phi) is 5.40. The quantitative estimate of drug-likeness (QED) is 0.796. The average molecular weight is 241 g/mol. The zero-order valence-electron chi connectivity index (χ0n) is 11.6. The molecule has 0 radical (unpaired) electrons. The van der Waals surface area contributed by atoms with E-state index in [2.05, 4.69) is 32.8 Å². The Hall–Kier alpha value is -0.610. The molecule has 0 aliphatic carbocycles. The summed E-state index contributed by atoms with van der Waals surface area (Å²) in [5.74, 6) is 0.615. The highest BCUT2D eigenvalue weighted by Crippen LogP contribution is 2.16. The molecule has 1 aliphatic rings. The van der Waals surface area contributed by atoms with Crippen molar-refractivity contribution in [3.05, 3.63) is 0 Å². The van der Waals surface area contributed by atoms with Crippen molar-refractivity contribution in [1.29, 1.82) is 0 Å². The number of likely N-dealkylation sites (tertiary alicyclic amines) is 1. The molecule has 1 heterocycles. The molecule has 0 bridgehead atoms. The second kappa shape index (κ2) is 6.36. The second-order valence-electron chi connectivity index (χ2n) is 5.76. The van der Waals surface area contributed by atoms with E-state index in [0.717, 1.165) is 32.4 Å². The molecule has 1 fully saturated rings. The predicted molar refractivity (Wildman–Crippen MR) is 70.7 cm³/mol. The third kappa shape index (κ3) is 4.28. The van der Waals surface area contributed by atoms with Crippen molar-refractivity contribution < 1.29 is 4.79 Å². The molecule has 0 aromatic carbocycles. The number of nitrogens with two attached hydrogens (primary N) is 1. The first kappa shape index (κ1) is 14.5. The lowest BCUT2D eigenvalue weighted by Gasteiger charge is -2.36. The molecule has 0 spiro atoms. The molecule has 1 rings (SSSR count). The summed E-state index contributed by atoms with van der Waals surface area (Å²) in [6.07, 6.45) is 2.91. The summed E-state index contributed by atoms with van der Waals surface area (Å²) in [6, 6.07) is 0.297. The van der Waals surface area contributed by atoms with Gasteiger partial charge in [0.25, 0.3) is 0 Å². The summed E-state index contributed by atoms with van der Waals surface area (Å²) in [4.78, 5) is 16.3. The maximum atomic E-state index is 12.1. The fourth-order valence-corrected chi connectivity index (χ4v) is 2.45. The first-order chi connectivity index (χ1) is 7.91. The van der Waals surface area contributed by atoms with Gasteiger partial charge >= 0.3 is 0 Å². The van der Waals surface area contributed by atoms with Crippen molar-refractivity contribution in [1.82, 2.24) is 9.80 Å². The van der Waals surface area contributed by atoms with Crippen molar-refractivity contribution in [3.63, 3.8) is 0 Å². The zero-order valence-corrected chi connectivity index (χ0v) is 11.6. The number of hydrogen-bond acceptors (Lipinski definition) is 3. The number of rotatable bonds is 4. The number of hydrogen-bond donors (Lipinski definition) is 1. The van der Waals surface area contributed by atoms with Crippen LogP contribution in [-0.4, -0.2) is 55.0 Å². The minimum Gasteiger partial charge on any atom is -0.341 e. The van der Waals surface area contributed by atoms with Crippen LogP contribution in [0.5, 0.6) is 0 Å². The van der Waals surface area contributed by atoms with Gasteiger partial charge in [0, 0.05) is 19.1 Å². The monoisotopic (exact) mass is 241 g/mol. The maximum Gasteiger partial charge on any atom is 0.239 e. The second-order valence-corrected chi connectivity index (χ2v) is 5.76. The Bertz CT molecular complexity index is 245. The molecule has 0 aromatic rings. The highest BCUT2D eigenvalue weighted by atomic mass is 16.2. The van der Waals surface area contributed by atoms with Gasteiger partial charge < -0.3 is 15.5 Å². The van der Waals surface area contributed by atoms with Crippen molar-refractivity contribution in [2.24, 2.45) is 11.7 Å². The van der Waals surface area contributed by atoms with Crippen LogP contribution in [0.15, 0.2) is 0 Å². The Morgan fingerprint density at radius 2 is 1.88 bits per heavy atom. The molecule has 4 nitrogen and oxygen atoms in total. The van der Waals surface area contributed by atoms with Gasteiger partial charge in [0.05, 0.1) is 6.04 Å². The summed E-state index contributed by atoms with van der Waals surface area (Å²) < 4.78 is 0. The van der Waals surface area contributed by atoms with Crippen LogP contribution in [-0.2, 0) is 4.79 Å². The van der Waals surface area contributed by atoms with Gasteiger partial charge in [0.1, 0.15) is 0 Å². The Morgan fingerprint density at radius 3 is 2.29 bits per heavy atom. The van der Waals surface area contributed by atoms with E-state index in [0.29, 0.717) is 12.0 Å². The molecule has 2 N–H and O–H groups in total. The number of piperidine rings is 1. The van der Waals surface area contributed by atoms with Crippen LogP contribution in [0, 0.1) is 5.92 Å². The molecule has 17 heavy (non-hydrogen) atoms. The van der Waals surface area contributed by atoms with E-state index in [-0.39, 0.29) is 11.9 Å². The third-order valence-corrected chi connectivity index (χ3v) is 3.55. The van der Waals surface area contributed by atoms with E-state index in [9.17, 15) is 4.79 Å². The molecule has 0 saturated carbocycles. The van der Waals surface area contributed by atoms with E-state index >= 15 is 0 Å². The van der Waals surface area contributed by atoms with E-state index < -0.39 is 0 Å². The lowest BCUT2D eigenvalue weighted by molar-refractivity contribution is -0.134. The van der Waals surface area contributed by atoms with Gasteiger partial charge in [-0.25, -0.2) is 0 Å². The SMILES string of the molecule is CC(C)CC(N)C(=O)N1CCC(N(C)C)CC1. The average Bonchev–Trinajstić information content (AvgIpc) is 2.27. The zero-order chi connectivity index (χ0) is 13.0. The van der Waals surface area contributed by atoms with Crippen molar-refractivity contribution in [3.8, 4) is 0 Å². The summed E-state index contributed by atoms with van der Waals surface area (Å²) >= 11 is 0. The Morgan fingerprint density at radius 1 is 1.35 bits per heavy atom. The lowest BCUT2D eigenvalue weighted by atomic mass is 10.00. The largest absolute Gasteiger partial charge is 0.341 e. The van der Waals surface area contributed by atoms with Gasteiger partial charge in [0.2, 0.25) is 5.91 Å². The van der Waals surface area contributed by atoms with Crippen molar-refractivity contribution in [2.75, 3.05) is 27.2 Å². The number of nitrogens with zero attached hydrogens (tertiary/aromatic N) is 2. The van der Waals surface area contributed by atoms with Crippen LogP contribution < -0.4 is 5.73 Å². The molecule has 1 aliphatic heterocycles. The molecular formula is C13H27N3O. The van der Waals surface area contributed by atoms with Gasteiger partial charge in [-0.3, -0.25) is 4.79 Å². The van der Waals surface area contributed by atoms with Gasteiger partial charge in [0.15, 0.2) is 0 Å². The van der Waals surface area contributed by atoms with Crippen LogP contribution in [0.3, 0.4) is 0 Å². The molecule has 0 aromatic heterocycles. The highest BCUT2D eigenvalue weighted by Gasteiger charge is 2.27. The predicted octanol–water partition coefficient (Wildman–Crippen LogP) is 0.912. The Labute approximate surface area is 105 Å². The topological polar surface area (TPSA) is 49.6 Å². The fourth-order valence-electron chi connectivity index (χ4n) is 2.45. The van der Waals surface area contributed by atoms with E-state index in [4.69, 9.17) is 5.73 Å². The Balaban J connectivity index is 2.40. The number of amides is 1. The molecule has 1 saturated heterocycles. The molecule has 4 heteroatoms. The number of carbonyl (C=O) groups is 1. The van der Waals surface area contributed by atoms with Crippen LogP contribution in [0.2, 0.25) is 0 Å². The lowest BCUT2D eigenvalue weighted by Crippen LogP contribution is -2.50. The van der Waals surface area contributed by atoms with E-state index in [1.165, 1.54) is 0 Å². The van der Waals surface area contributed by atoms with Gasteiger partial charge in [-0.15, -0.1) is 0 Å². The van der Waals surface area contributed by atoms with Crippen LogP contribution >= 0.6 is 0 Å². The normalized spacial score (nSPS) is 20.1. The minimum atomic E-state index is -0.314. The third-order valence-electron chi connectivity index (χ3n) is 3.55. The highest BCUT2D eigenvalue weighted by molar-refractivity contribution is 5.81. The van der Waals surface area contributed by atoms with Crippen molar-refractivity contribution >= 4 is 5.91 Å². The van der Waals surface area contributed by atoms with Gasteiger partial charge in [-0.05, 0) is 39.3 Å². The molecule has 1 atom stereocenters. The van der Waals surface area contributed by atoms with Crippen LogP contribution in [0.25, 0.3) is 0 Å². The fraction of sp³-hybridized carbons (Fsp3) is 0.923. The summed E-state index contributed by atoms with van der Waals surface area (Å²) in [5.41, 5.74) is 5.94. The minimum absolute atomic E-state index is 0.135. The molecule has 1 unspecified atom stereocenters. The van der Waals surface area contributed by atoms with Gasteiger partial charge in [-0.1, -0.05) is 13.8 Å². The molecule has 1 amide bonds. The van der Waals surface area contributed by atoms with Crippen LogP contribution in [0.4, 0.5) is 0 Å². The standard InChI is InChI=1S/C13H27N3O/c1-10(2)9-12(14)13(17)16-7-5-11(6-8-16)15(3)4/h10-12H,5-9,14H2,1-4H3. The number of carbonyl (C=O) groups excluding carboxylic acids is 1. The smallest absolute Gasteiger partial charge is 0.239 e. The van der Waals surface area contributed by atoms with E-state index in [1.807, 2.05) is 4.90 Å². The maximum absolute atomic E-state index is 12.1. The summed E-state index contributed by atoms with van der Waals surface area (Å²) in [5, 5.41) is 0. The van der Waals surface area contributed by atoms with E-state index in [1.54, 1.807) is 0 Å². The van der Waals surface area contributed by atoms with Crippen LogP contribution in [0.1, 0.15) is 33.1 Å². The first-order valence-electron chi connectivity index (χ1n) is 6.62. The van der Waals surface area contributed by atoms with Gasteiger partial charge in [-0.2, -0.15) is 0 Å². The summed E-state index contributed by atoms with van der Waals surface area (Å²) in [7, 11) is 4.21. The molecular weight excluding hydrogens is 214 g/mol. The molecule has 100 valence electrons. The first-order valence-corrected chi connectivity index (χ1v) is 6.62. The van der Waals surface area contributed by atoms with Crippen molar-refractivity contribution in [2.45, 2.75) is 45.2 Å². The summed E-state index contributed by atoms with van der Waals surface area (Å²) in [6.45, 7) is 5.91.